The van der Waals surface area contributed by atoms with Gasteiger partial charge >= 0.3 is 5.97 Å². The van der Waals surface area contributed by atoms with E-state index in [1.54, 1.807) is 42.5 Å². The summed E-state index contributed by atoms with van der Waals surface area (Å²) < 4.78 is 17.0. The number of rotatable bonds is 5. The number of esters is 1. The van der Waals surface area contributed by atoms with E-state index in [-0.39, 0.29) is 6.61 Å². The van der Waals surface area contributed by atoms with Gasteiger partial charge in [-0.3, -0.25) is 4.79 Å². The van der Waals surface area contributed by atoms with Gasteiger partial charge in [-0.15, -0.1) is 0 Å². The summed E-state index contributed by atoms with van der Waals surface area (Å²) in [7, 11) is 0. The molecule has 0 spiro atoms. The Labute approximate surface area is 180 Å². The maximum Gasteiger partial charge on any atom is 0.352 e. The summed E-state index contributed by atoms with van der Waals surface area (Å²) in [5.74, 6) is -0.0778. The molecular weight excluding hydrogens is 394 g/mol. The fourth-order valence-electron chi connectivity index (χ4n) is 3.48. The lowest BCUT2D eigenvalue weighted by molar-refractivity contribution is -0.164. The number of aryl methyl sites for hydroxylation is 2. The third kappa shape index (κ3) is 4.86. The molecule has 6 heteroatoms. The van der Waals surface area contributed by atoms with Crippen molar-refractivity contribution in [2.75, 3.05) is 11.9 Å². The Morgan fingerprint density at radius 2 is 1.58 bits per heavy atom. The van der Waals surface area contributed by atoms with E-state index in [9.17, 15) is 9.59 Å². The molecule has 0 aliphatic carbocycles. The number of amides is 1. The molecule has 3 aromatic rings. The van der Waals surface area contributed by atoms with Crippen LogP contribution in [0.4, 0.5) is 5.69 Å². The van der Waals surface area contributed by atoms with Crippen molar-refractivity contribution in [2.24, 2.45) is 0 Å². The predicted octanol–water partition coefficient (Wildman–Crippen LogP) is 4.37. The van der Waals surface area contributed by atoms with Crippen molar-refractivity contribution in [3.63, 3.8) is 0 Å². The average molecular weight is 417 g/mol. The highest BCUT2D eigenvalue weighted by molar-refractivity contribution is 5.96. The molecule has 31 heavy (non-hydrogen) atoms. The number of hydrogen-bond acceptors (Lipinski definition) is 5. The molecule has 3 aromatic carbocycles. The molecule has 0 bridgehead atoms. The lowest BCUT2D eigenvalue weighted by atomic mass is 10.1. The van der Waals surface area contributed by atoms with Gasteiger partial charge < -0.3 is 19.5 Å². The van der Waals surface area contributed by atoms with Crippen molar-refractivity contribution in [3.05, 3.63) is 89.5 Å². The summed E-state index contributed by atoms with van der Waals surface area (Å²) in [5.41, 5.74) is 3.26. The monoisotopic (exact) mass is 417 g/mol. The van der Waals surface area contributed by atoms with Gasteiger partial charge in [0.25, 0.3) is 5.91 Å². The van der Waals surface area contributed by atoms with Crippen molar-refractivity contribution >= 4 is 17.6 Å². The smallest absolute Gasteiger partial charge is 0.352 e. The normalized spacial score (nSPS) is 15.6. The maximum absolute atomic E-state index is 13.1. The molecule has 0 saturated carbocycles. The zero-order valence-electron chi connectivity index (χ0n) is 17.3. The standard InChI is InChI=1S/C25H23NO5/c1-16-12-17(2)14-19(13-16)26-24(27)23(18-8-4-3-5-9-18)31-25(28)22-15-29-20-10-6-7-11-21(20)30-22/h3-14,22-23H,15H2,1-2H3,(H,26,27)/t22-,23-/m0/s1. The minimum absolute atomic E-state index is 0.00997. The molecule has 1 heterocycles. The van der Waals surface area contributed by atoms with E-state index >= 15 is 0 Å². The Hall–Kier alpha value is -3.80. The molecule has 0 aromatic heterocycles. The Morgan fingerprint density at radius 1 is 0.935 bits per heavy atom. The van der Waals surface area contributed by atoms with Gasteiger partial charge in [-0.1, -0.05) is 48.5 Å². The van der Waals surface area contributed by atoms with Crippen LogP contribution in [-0.2, 0) is 14.3 Å². The van der Waals surface area contributed by atoms with Gasteiger partial charge in [0.05, 0.1) is 0 Å². The highest BCUT2D eigenvalue weighted by atomic mass is 16.6. The molecule has 1 N–H and O–H groups in total. The molecule has 0 saturated heterocycles. The molecule has 1 aliphatic heterocycles. The van der Waals surface area contributed by atoms with E-state index in [4.69, 9.17) is 14.2 Å². The highest BCUT2D eigenvalue weighted by Gasteiger charge is 2.33. The third-order valence-corrected chi connectivity index (χ3v) is 4.84. The quantitative estimate of drug-likeness (QED) is 0.624. The molecule has 4 rings (SSSR count). The molecule has 1 amide bonds. The Bertz CT molecular complexity index is 1080. The van der Waals surface area contributed by atoms with Crippen LogP contribution in [0.3, 0.4) is 0 Å². The molecule has 1 aliphatic rings. The van der Waals surface area contributed by atoms with E-state index in [1.165, 1.54) is 0 Å². The molecule has 158 valence electrons. The fourth-order valence-corrected chi connectivity index (χ4v) is 3.48. The SMILES string of the molecule is Cc1cc(C)cc(NC(=O)[C@@H](OC(=O)[C@@H]2COc3ccccc3O2)c2ccccc2)c1. The van der Waals surface area contributed by atoms with E-state index in [1.807, 2.05) is 44.2 Å². The minimum atomic E-state index is -1.13. The first-order valence-corrected chi connectivity index (χ1v) is 10.0. The van der Waals surface area contributed by atoms with Gasteiger partial charge in [0.15, 0.2) is 11.5 Å². The molecule has 0 unspecified atom stereocenters. The largest absolute Gasteiger partial charge is 0.485 e. The summed E-state index contributed by atoms with van der Waals surface area (Å²) in [5, 5.41) is 2.86. The first kappa shape index (κ1) is 20.5. The van der Waals surface area contributed by atoms with Crippen LogP contribution in [0.1, 0.15) is 22.8 Å². The number of carbonyl (C=O) groups excluding carboxylic acids is 2. The summed E-state index contributed by atoms with van der Waals surface area (Å²) in [6.07, 6.45) is -2.09. The highest BCUT2D eigenvalue weighted by Crippen LogP contribution is 2.32. The second-order valence-corrected chi connectivity index (χ2v) is 7.46. The van der Waals surface area contributed by atoms with Crippen molar-refractivity contribution < 1.29 is 23.8 Å². The van der Waals surface area contributed by atoms with Crippen molar-refractivity contribution in [1.82, 2.24) is 0 Å². The number of benzene rings is 3. The average Bonchev–Trinajstić information content (AvgIpc) is 2.76. The van der Waals surface area contributed by atoms with Crippen LogP contribution in [0.25, 0.3) is 0 Å². The van der Waals surface area contributed by atoms with Crippen LogP contribution in [0.2, 0.25) is 0 Å². The first-order valence-electron chi connectivity index (χ1n) is 10.0. The van der Waals surface area contributed by atoms with E-state index < -0.39 is 24.1 Å². The summed E-state index contributed by atoms with van der Waals surface area (Å²) in [6.45, 7) is 3.92. The van der Waals surface area contributed by atoms with E-state index in [0.717, 1.165) is 11.1 Å². The lowest BCUT2D eigenvalue weighted by Crippen LogP contribution is -2.39. The fraction of sp³-hybridized carbons (Fsp3) is 0.200. The van der Waals surface area contributed by atoms with E-state index in [0.29, 0.717) is 22.7 Å². The van der Waals surface area contributed by atoms with Crippen molar-refractivity contribution in [3.8, 4) is 11.5 Å². The maximum atomic E-state index is 13.1. The van der Waals surface area contributed by atoms with Gasteiger partial charge in [-0.25, -0.2) is 4.79 Å². The Balaban J connectivity index is 1.53. The van der Waals surface area contributed by atoms with Crippen LogP contribution in [0.15, 0.2) is 72.8 Å². The Kier molecular flexibility index (Phi) is 5.89. The first-order chi connectivity index (χ1) is 15.0. The number of fused-ring (bicyclic) bond motifs is 1. The van der Waals surface area contributed by atoms with Crippen LogP contribution in [0.5, 0.6) is 11.5 Å². The molecule has 0 fully saturated rings. The van der Waals surface area contributed by atoms with Gasteiger partial charge in [0.1, 0.15) is 6.61 Å². The number of para-hydroxylation sites is 2. The number of ether oxygens (including phenoxy) is 3. The second kappa shape index (κ2) is 8.92. The van der Waals surface area contributed by atoms with Crippen LogP contribution < -0.4 is 14.8 Å². The van der Waals surface area contributed by atoms with E-state index in [2.05, 4.69) is 5.32 Å². The number of hydrogen-bond donors (Lipinski definition) is 1. The van der Waals surface area contributed by atoms with Crippen LogP contribution in [0, 0.1) is 13.8 Å². The topological polar surface area (TPSA) is 73.9 Å². The summed E-state index contributed by atoms with van der Waals surface area (Å²) in [6, 6.07) is 21.7. The summed E-state index contributed by atoms with van der Waals surface area (Å²) >= 11 is 0. The molecule has 6 nitrogen and oxygen atoms in total. The second-order valence-electron chi connectivity index (χ2n) is 7.46. The number of carbonyl (C=O) groups is 2. The number of anilines is 1. The molecule has 2 atom stereocenters. The zero-order valence-corrected chi connectivity index (χ0v) is 17.3. The van der Waals surface area contributed by atoms with Crippen LogP contribution in [-0.4, -0.2) is 24.6 Å². The predicted molar refractivity (Wildman–Crippen MR) is 116 cm³/mol. The van der Waals surface area contributed by atoms with Crippen molar-refractivity contribution in [1.29, 1.82) is 0 Å². The molecule has 0 radical (unpaired) electrons. The minimum Gasteiger partial charge on any atom is -0.485 e. The summed E-state index contributed by atoms with van der Waals surface area (Å²) in [4.78, 5) is 25.9. The number of nitrogens with one attached hydrogen (secondary N) is 1. The van der Waals surface area contributed by atoms with Gasteiger partial charge in [0, 0.05) is 11.3 Å². The van der Waals surface area contributed by atoms with Gasteiger partial charge in [-0.05, 0) is 49.2 Å². The third-order valence-electron chi connectivity index (χ3n) is 4.84. The van der Waals surface area contributed by atoms with Gasteiger partial charge in [0.2, 0.25) is 12.2 Å². The van der Waals surface area contributed by atoms with Crippen LogP contribution >= 0.6 is 0 Å². The van der Waals surface area contributed by atoms with Gasteiger partial charge in [-0.2, -0.15) is 0 Å². The van der Waals surface area contributed by atoms with Crippen molar-refractivity contribution in [2.45, 2.75) is 26.1 Å². The zero-order chi connectivity index (χ0) is 21.8. The molecular formula is C25H23NO5. The lowest BCUT2D eigenvalue weighted by Gasteiger charge is -2.26. The Morgan fingerprint density at radius 3 is 2.29 bits per heavy atom.